The van der Waals surface area contributed by atoms with E-state index >= 15 is 0 Å². The van der Waals surface area contributed by atoms with Gasteiger partial charge < -0.3 is 15.3 Å². The first-order valence-corrected chi connectivity index (χ1v) is 13.2. The molecule has 31 heavy (non-hydrogen) atoms. The average molecular weight is 433 g/mol. The number of hydrogen-bond acceptors (Lipinski definition) is 3. The Morgan fingerprint density at radius 2 is 1.52 bits per heavy atom. The largest absolute Gasteiger partial charge is 0.393 e. The minimum Gasteiger partial charge on any atom is -0.393 e. The zero-order valence-corrected chi connectivity index (χ0v) is 20.9. The molecule has 4 fully saturated rings. The predicted octanol–water partition coefficient (Wildman–Crippen LogP) is 5.72. The Morgan fingerprint density at radius 1 is 0.806 bits per heavy atom. The minimum atomic E-state index is -0.823. The third kappa shape index (κ3) is 3.48. The Kier molecular flexibility index (Phi) is 6.01. The Morgan fingerprint density at radius 3 is 2.19 bits per heavy atom. The molecule has 0 amide bonds. The second-order valence-corrected chi connectivity index (χ2v) is 13.0. The molecule has 0 saturated heterocycles. The van der Waals surface area contributed by atoms with Crippen LogP contribution in [0.4, 0.5) is 0 Å². The van der Waals surface area contributed by atoms with Gasteiger partial charge in [0.1, 0.15) is 0 Å². The lowest BCUT2D eigenvalue weighted by Gasteiger charge is -2.67. The van der Waals surface area contributed by atoms with Crippen LogP contribution in [0.1, 0.15) is 99.3 Å². The summed E-state index contributed by atoms with van der Waals surface area (Å²) >= 11 is 0. The van der Waals surface area contributed by atoms with E-state index in [0.717, 1.165) is 32.1 Å². The highest BCUT2D eigenvalue weighted by Crippen LogP contribution is 2.70. The van der Waals surface area contributed by atoms with Crippen molar-refractivity contribution in [2.75, 3.05) is 0 Å². The van der Waals surface area contributed by atoms with Gasteiger partial charge in [-0.2, -0.15) is 0 Å². The monoisotopic (exact) mass is 432 g/mol. The molecule has 0 radical (unpaired) electrons. The molecule has 4 saturated carbocycles. The quantitative estimate of drug-likeness (QED) is 0.498. The molecule has 0 bridgehead atoms. The maximum atomic E-state index is 12.3. The molecule has 3 N–H and O–H groups in total. The van der Waals surface area contributed by atoms with Crippen molar-refractivity contribution in [1.82, 2.24) is 0 Å². The molecule has 3 nitrogen and oxygen atoms in total. The van der Waals surface area contributed by atoms with Gasteiger partial charge in [0, 0.05) is 11.8 Å². The molecule has 4 aliphatic rings. The highest BCUT2D eigenvalue weighted by Gasteiger charge is 2.70. The highest BCUT2D eigenvalue weighted by molar-refractivity contribution is 5.20. The van der Waals surface area contributed by atoms with Crippen LogP contribution < -0.4 is 0 Å². The third-order valence-corrected chi connectivity index (χ3v) is 11.3. The Labute approximate surface area is 190 Å². The van der Waals surface area contributed by atoms with Crippen molar-refractivity contribution in [3.8, 4) is 0 Å². The fraction of sp³-hybridized carbons (Fsp3) is 0.929. The maximum absolute atomic E-state index is 12.3. The van der Waals surface area contributed by atoms with Gasteiger partial charge >= 0.3 is 0 Å². The molecule has 10 atom stereocenters. The summed E-state index contributed by atoms with van der Waals surface area (Å²) in [6.45, 7) is 14.0. The summed E-state index contributed by atoms with van der Waals surface area (Å²) in [7, 11) is 0. The zero-order valence-electron chi connectivity index (χ0n) is 20.9. The van der Waals surface area contributed by atoms with Crippen molar-refractivity contribution >= 4 is 0 Å². The summed E-state index contributed by atoms with van der Waals surface area (Å²) in [6, 6.07) is 0. The molecule has 178 valence electrons. The number of allylic oxidation sites excluding steroid dienone is 2. The number of aliphatic hydroxyl groups excluding tert-OH is 1. The molecule has 0 heterocycles. The van der Waals surface area contributed by atoms with E-state index in [1.807, 2.05) is 0 Å². The maximum Gasteiger partial charge on any atom is 0.0730 e. The van der Waals surface area contributed by atoms with Crippen LogP contribution in [-0.2, 0) is 0 Å². The van der Waals surface area contributed by atoms with Gasteiger partial charge in [-0.05, 0) is 92.3 Å². The summed E-state index contributed by atoms with van der Waals surface area (Å²) in [4.78, 5) is 0. The van der Waals surface area contributed by atoms with E-state index in [1.165, 1.54) is 6.42 Å². The molecule has 0 unspecified atom stereocenters. The van der Waals surface area contributed by atoms with Gasteiger partial charge in [0.2, 0.25) is 0 Å². The van der Waals surface area contributed by atoms with Crippen LogP contribution in [-0.4, -0.2) is 32.6 Å². The number of fused-ring (bicyclic) bond motifs is 5. The average Bonchev–Trinajstić information content (AvgIpc) is 3.05. The van der Waals surface area contributed by atoms with Crippen molar-refractivity contribution in [3.05, 3.63) is 12.2 Å². The number of aliphatic hydroxyl groups is 3. The summed E-state index contributed by atoms with van der Waals surface area (Å²) in [5.41, 5.74) is -1.59. The van der Waals surface area contributed by atoms with Crippen molar-refractivity contribution in [2.24, 2.45) is 46.3 Å². The summed E-state index contributed by atoms with van der Waals surface area (Å²) in [6.07, 6.45) is 12.4. The molecule has 4 rings (SSSR count). The van der Waals surface area contributed by atoms with E-state index in [9.17, 15) is 15.3 Å². The summed E-state index contributed by atoms with van der Waals surface area (Å²) in [5, 5.41) is 34.2. The first-order chi connectivity index (χ1) is 14.4. The predicted molar refractivity (Wildman–Crippen MR) is 126 cm³/mol. The smallest absolute Gasteiger partial charge is 0.0730 e. The van der Waals surface area contributed by atoms with E-state index in [-0.39, 0.29) is 16.7 Å². The van der Waals surface area contributed by atoms with Crippen LogP contribution in [0, 0.1) is 46.3 Å². The molecular weight excluding hydrogens is 384 g/mol. The van der Waals surface area contributed by atoms with Crippen LogP contribution in [0.2, 0.25) is 0 Å². The van der Waals surface area contributed by atoms with Gasteiger partial charge in [-0.1, -0.05) is 53.7 Å². The third-order valence-electron chi connectivity index (χ3n) is 11.3. The van der Waals surface area contributed by atoms with Gasteiger partial charge in [-0.15, -0.1) is 0 Å². The highest BCUT2D eigenvalue weighted by atomic mass is 16.3. The van der Waals surface area contributed by atoms with E-state index in [4.69, 9.17) is 0 Å². The molecule has 0 aliphatic heterocycles. The standard InChI is InChI=1S/C28H48O3/c1-18(2)19(3)7-8-20(4)22-9-10-23-25(22,5)13-12-24-26(6)14-11-21(29)17-27(26,30)15-16-28(23,24)31/h7-8,18-24,29-31H,9-17H2,1-6H3/b8-7+/t19-,20-,21-,22+,23-,24+,25+,26+,27+,28-/m0/s1. The van der Waals surface area contributed by atoms with Crippen molar-refractivity contribution < 1.29 is 15.3 Å². The molecule has 0 spiro atoms. The molecule has 3 heteroatoms. The number of hydrogen-bond donors (Lipinski definition) is 3. The van der Waals surface area contributed by atoms with Crippen LogP contribution in [0.3, 0.4) is 0 Å². The first kappa shape index (κ1) is 23.8. The van der Waals surface area contributed by atoms with E-state index in [2.05, 4.69) is 53.7 Å². The Balaban J connectivity index is 1.58. The fourth-order valence-corrected chi connectivity index (χ4v) is 8.90. The lowest BCUT2D eigenvalue weighted by molar-refractivity contribution is -0.276. The van der Waals surface area contributed by atoms with Crippen LogP contribution in [0.25, 0.3) is 0 Å². The van der Waals surface area contributed by atoms with Gasteiger partial charge in [0.05, 0.1) is 17.3 Å². The van der Waals surface area contributed by atoms with Gasteiger partial charge in [0.25, 0.3) is 0 Å². The van der Waals surface area contributed by atoms with Crippen molar-refractivity contribution in [3.63, 3.8) is 0 Å². The molecule has 0 aromatic heterocycles. The van der Waals surface area contributed by atoms with Crippen molar-refractivity contribution in [1.29, 1.82) is 0 Å². The van der Waals surface area contributed by atoms with Gasteiger partial charge in [-0.3, -0.25) is 0 Å². The first-order valence-electron chi connectivity index (χ1n) is 13.2. The van der Waals surface area contributed by atoms with Crippen LogP contribution in [0.5, 0.6) is 0 Å². The van der Waals surface area contributed by atoms with Gasteiger partial charge in [-0.25, -0.2) is 0 Å². The topological polar surface area (TPSA) is 60.7 Å². The second kappa shape index (κ2) is 7.84. The van der Waals surface area contributed by atoms with Crippen LogP contribution in [0.15, 0.2) is 12.2 Å². The lowest BCUT2D eigenvalue weighted by atomic mass is 9.41. The van der Waals surface area contributed by atoms with Gasteiger partial charge in [0.15, 0.2) is 0 Å². The van der Waals surface area contributed by atoms with E-state index in [0.29, 0.717) is 48.9 Å². The zero-order chi connectivity index (χ0) is 22.8. The lowest BCUT2D eigenvalue weighted by Crippen LogP contribution is -2.69. The van der Waals surface area contributed by atoms with Crippen LogP contribution >= 0.6 is 0 Å². The second-order valence-electron chi connectivity index (χ2n) is 13.0. The normalized spacial score (nSPS) is 51.9. The Hall–Kier alpha value is -0.380. The molecular formula is C28H48O3. The molecule has 4 aliphatic carbocycles. The van der Waals surface area contributed by atoms with Crippen molar-refractivity contribution in [2.45, 2.75) is 117 Å². The fourth-order valence-electron chi connectivity index (χ4n) is 8.90. The molecule has 0 aromatic rings. The Bertz CT molecular complexity index is 702. The summed E-state index contributed by atoms with van der Waals surface area (Å²) in [5.74, 6) is 2.91. The van der Waals surface area contributed by atoms with E-state index in [1.54, 1.807) is 0 Å². The minimum absolute atomic E-state index is 0.148. The number of rotatable bonds is 4. The van der Waals surface area contributed by atoms with E-state index < -0.39 is 17.3 Å². The molecule has 0 aromatic carbocycles. The SMILES string of the molecule is CC(C)[C@@H](C)/C=C/[C@H](C)[C@H]1CC[C@H]2[C@]1(C)CC[C@H]1[C@]2(O)CC[C@@]2(O)C[C@@H](O)CC[C@]12C. The summed E-state index contributed by atoms with van der Waals surface area (Å²) < 4.78 is 0.